The number of fused-ring (bicyclic) bond motifs is 4. The van der Waals surface area contributed by atoms with Crippen molar-refractivity contribution in [1.82, 2.24) is 4.98 Å². The van der Waals surface area contributed by atoms with Gasteiger partial charge in [0.25, 0.3) is 0 Å². The van der Waals surface area contributed by atoms with Crippen LogP contribution in [-0.4, -0.2) is 19.5 Å². The molecule has 2 heteroatoms. The molecule has 31 heavy (non-hydrogen) atoms. The molecule has 3 aromatic carbocycles. The van der Waals surface area contributed by atoms with E-state index < -0.39 is 0 Å². The van der Waals surface area contributed by atoms with E-state index in [0.29, 0.717) is 12.0 Å². The van der Waals surface area contributed by atoms with Crippen molar-refractivity contribution in [2.75, 3.05) is 0 Å². The van der Waals surface area contributed by atoms with Crippen LogP contribution in [0.1, 0.15) is 47.1 Å². The van der Waals surface area contributed by atoms with Gasteiger partial charge in [0.2, 0.25) is 0 Å². The van der Waals surface area contributed by atoms with Crippen molar-refractivity contribution >= 4 is 44.6 Å². The van der Waals surface area contributed by atoms with E-state index in [1.54, 1.807) is 6.20 Å². The summed E-state index contributed by atoms with van der Waals surface area (Å²) in [6.07, 6.45) is 2.83. The summed E-state index contributed by atoms with van der Waals surface area (Å²) in [5.41, 5.74) is 5.05. The van der Waals surface area contributed by atoms with Gasteiger partial charge in [-0.15, -0.1) is 0 Å². The molecular weight excluding hydrogens is 441 g/mol. The van der Waals surface area contributed by atoms with Gasteiger partial charge < -0.3 is 0 Å². The van der Waals surface area contributed by atoms with Crippen LogP contribution in [0.25, 0.3) is 41.3 Å². The molecule has 0 aliphatic heterocycles. The van der Waals surface area contributed by atoms with Crippen molar-refractivity contribution in [3.63, 3.8) is 0 Å². The van der Waals surface area contributed by atoms with Crippen molar-refractivity contribution < 1.29 is 1.37 Å². The molecule has 0 fully saturated rings. The predicted molar refractivity (Wildman–Crippen MR) is 136 cm³/mol. The second kappa shape index (κ2) is 7.62. The Morgan fingerprint density at radius 2 is 1.71 bits per heavy atom. The number of pyridine rings is 1. The third-order valence-corrected chi connectivity index (χ3v) is 8.69. The SMILES string of the molecule is [2H]c1cnc(-c2cc(C(C)(C)C)c3ccccc3c2)c2[se]c3c(CC(C)C)cccc3c12. The minimum absolute atomic E-state index is 0.0344. The van der Waals surface area contributed by atoms with Crippen molar-refractivity contribution in [2.45, 2.75) is 46.5 Å². The third kappa shape index (κ3) is 3.63. The molecule has 0 atom stereocenters. The summed E-state index contributed by atoms with van der Waals surface area (Å²) in [5.74, 6) is 0.615. The average Bonchev–Trinajstić information content (AvgIpc) is 3.14. The Kier molecular flexibility index (Phi) is 4.74. The summed E-state index contributed by atoms with van der Waals surface area (Å²) >= 11 is 0.156. The zero-order valence-electron chi connectivity index (χ0n) is 19.9. The number of nitrogens with zero attached hydrogens (tertiary/aromatic N) is 1. The van der Waals surface area contributed by atoms with Crippen LogP contribution in [0.4, 0.5) is 0 Å². The molecule has 0 aliphatic rings. The number of hydrogen-bond donors (Lipinski definition) is 0. The van der Waals surface area contributed by atoms with E-state index in [4.69, 9.17) is 6.35 Å². The Morgan fingerprint density at radius 3 is 2.48 bits per heavy atom. The normalized spacial score (nSPS) is 12.9. The van der Waals surface area contributed by atoms with Gasteiger partial charge in [0, 0.05) is 0 Å². The molecular formula is C29H29NSe. The molecule has 0 saturated heterocycles. The van der Waals surface area contributed by atoms with Crippen LogP contribution >= 0.6 is 0 Å². The molecule has 156 valence electrons. The fraction of sp³-hybridized carbons (Fsp3) is 0.276. The third-order valence-electron chi connectivity index (χ3n) is 5.99. The standard InChI is InChI=1S/C29H29NSe/c1-18(2)15-20-10-8-12-23-24-13-14-30-26(28(24)31-27(20)23)21-16-19-9-6-7-11-22(19)25(17-21)29(3,4)5/h6-14,16-18H,15H2,1-5H3/i13D. The van der Waals surface area contributed by atoms with E-state index in [9.17, 15) is 0 Å². The molecule has 1 nitrogen and oxygen atoms in total. The number of benzene rings is 3. The van der Waals surface area contributed by atoms with Gasteiger partial charge >= 0.3 is 193 Å². The summed E-state index contributed by atoms with van der Waals surface area (Å²) < 4.78 is 11.4. The molecule has 0 unspecified atom stereocenters. The van der Waals surface area contributed by atoms with Crippen molar-refractivity contribution in [3.8, 4) is 11.3 Å². The van der Waals surface area contributed by atoms with Crippen molar-refractivity contribution in [1.29, 1.82) is 0 Å². The Hall–Kier alpha value is -2.41. The van der Waals surface area contributed by atoms with E-state index in [-0.39, 0.29) is 19.9 Å². The van der Waals surface area contributed by atoms with E-state index in [1.807, 2.05) is 0 Å². The molecule has 5 rings (SSSR count). The van der Waals surface area contributed by atoms with Crippen LogP contribution in [0.2, 0.25) is 0 Å². The maximum absolute atomic E-state index is 8.67. The first-order valence-electron chi connectivity index (χ1n) is 11.6. The van der Waals surface area contributed by atoms with Gasteiger partial charge in [-0.05, 0) is 0 Å². The van der Waals surface area contributed by atoms with E-state index in [2.05, 4.69) is 89.2 Å². The molecule has 0 aliphatic carbocycles. The van der Waals surface area contributed by atoms with E-state index in [1.165, 1.54) is 41.4 Å². The molecule has 0 radical (unpaired) electrons. The number of rotatable bonds is 3. The number of hydrogen-bond acceptors (Lipinski definition) is 1. The Bertz CT molecular complexity index is 1470. The van der Waals surface area contributed by atoms with Gasteiger partial charge in [-0.1, -0.05) is 0 Å². The van der Waals surface area contributed by atoms with Crippen LogP contribution < -0.4 is 0 Å². The predicted octanol–water partition coefficient (Wildman–Crippen LogP) is 7.76. The van der Waals surface area contributed by atoms with Gasteiger partial charge in [0.15, 0.2) is 0 Å². The van der Waals surface area contributed by atoms with E-state index in [0.717, 1.165) is 17.5 Å². The molecule has 0 N–H and O–H groups in total. The second-order valence-corrected chi connectivity index (χ2v) is 12.1. The van der Waals surface area contributed by atoms with Gasteiger partial charge in [0.1, 0.15) is 0 Å². The van der Waals surface area contributed by atoms with Crippen LogP contribution in [0.3, 0.4) is 0 Å². The maximum atomic E-state index is 8.67. The van der Waals surface area contributed by atoms with Gasteiger partial charge in [0.05, 0.1) is 0 Å². The van der Waals surface area contributed by atoms with Crippen LogP contribution in [-0.2, 0) is 11.8 Å². The molecule has 2 aromatic heterocycles. The molecule has 5 aromatic rings. The van der Waals surface area contributed by atoms with Crippen LogP contribution in [0, 0.1) is 5.92 Å². The average molecular weight is 472 g/mol. The quantitative estimate of drug-likeness (QED) is 0.245. The minimum atomic E-state index is 0.0344. The summed E-state index contributed by atoms with van der Waals surface area (Å²) in [6.45, 7) is 11.4. The summed E-state index contributed by atoms with van der Waals surface area (Å²) in [4.78, 5) is 4.85. The fourth-order valence-electron chi connectivity index (χ4n) is 4.58. The molecule has 0 bridgehead atoms. The summed E-state index contributed by atoms with van der Waals surface area (Å²) in [5, 5.41) is 4.92. The zero-order valence-corrected chi connectivity index (χ0v) is 20.6. The first kappa shape index (κ1) is 19.3. The Balaban J connectivity index is 1.84. The van der Waals surface area contributed by atoms with Crippen molar-refractivity contribution in [3.05, 3.63) is 78.0 Å². The second-order valence-electron chi connectivity index (χ2n) is 9.94. The first-order valence-corrected chi connectivity index (χ1v) is 12.8. The Morgan fingerprint density at radius 1 is 0.935 bits per heavy atom. The fourth-order valence-corrected chi connectivity index (χ4v) is 7.32. The Labute approximate surface area is 192 Å². The van der Waals surface area contributed by atoms with Gasteiger partial charge in [-0.3, -0.25) is 0 Å². The molecule has 2 heterocycles. The first-order chi connectivity index (χ1) is 15.2. The van der Waals surface area contributed by atoms with Crippen LogP contribution in [0.5, 0.6) is 0 Å². The number of aromatic nitrogens is 1. The molecule has 0 amide bonds. The van der Waals surface area contributed by atoms with Crippen LogP contribution in [0.15, 0.2) is 66.8 Å². The monoisotopic (exact) mass is 472 g/mol. The topological polar surface area (TPSA) is 12.9 Å². The van der Waals surface area contributed by atoms with Crippen molar-refractivity contribution in [2.24, 2.45) is 5.92 Å². The van der Waals surface area contributed by atoms with E-state index >= 15 is 0 Å². The molecule has 0 spiro atoms. The van der Waals surface area contributed by atoms with Gasteiger partial charge in [-0.2, -0.15) is 0 Å². The zero-order chi connectivity index (χ0) is 22.6. The molecule has 0 saturated carbocycles. The van der Waals surface area contributed by atoms with Gasteiger partial charge in [-0.25, -0.2) is 0 Å². The summed E-state index contributed by atoms with van der Waals surface area (Å²) in [6, 6.07) is 20.5. The summed E-state index contributed by atoms with van der Waals surface area (Å²) in [7, 11) is 0.